The second-order valence-corrected chi connectivity index (χ2v) is 5.86. The second kappa shape index (κ2) is 3.05. The fraction of sp³-hybridized carbons (Fsp3) is 0.111. The van der Waals surface area contributed by atoms with Gasteiger partial charge in [-0.25, -0.2) is 13.6 Å². The molecule has 0 unspecified atom stereocenters. The summed E-state index contributed by atoms with van der Waals surface area (Å²) in [4.78, 5) is 1.30. The maximum atomic E-state index is 11.2. The van der Waals surface area contributed by atoms with Crippen molar-refractivity contribution in [1.29, 1.82) is 0 Å². The van der Waals surface area contributed by atoms with Gasteiger partial charge < -0.3 is 0 Å². The van der Waals surface area contributed by atoms with E-state index < -0.39 is 10.0 Å². The van der Waals surface area contributed by atoms with Crippen LogP contribution in [0.3, 0.4) is 0 Å². The smallest absolute Gasteiger partial charge is 0.225 e. The number of nitrogens with two attached hydrogens (primary N) is 1. The molecule has 0 aliphatic heterocycles. The highest BCUT2D eigenvalue weighted by molar-refractivity contribution is 7.89. The lowest BCUT2D eigenvalue weighted by Gasteiger charge is -1.98. The monoisotopic (exact) mass is 227 g/mol. The first kappa shape index (κ1) is 9.64. The molecule has 1 aromatic carbocycles. The molecular formula is C9H9NO2S2. The van der Waals surface area contributed by atoms with Gasteiger partial charge in [-0.3, -0.25) is 0 Å². The van der Waals surface area contributed by atoms with Gasteiger partial charge in [-0.15, -0.1) is 11.3 Å². The molecule has 3 nitrogen and oxygen atoms in total. The maximum absolute atomic E-state index is 11.2. The zero-order valence-corrected chi connectivity index (χ0v) is 9.15. The number of hydrogen-bond acceptors (Lipinski definition) is 3. The van der Waals surface area contributed by atoms with Crippen molar-refractivity contribution in [2.24, 2.45) is 5.14 Å². The first-order valence-corrected chi connectivity index (χ1v) is 6.37. The van der Waals surface area contributed by atoms with E-state index in [1.807, 2.05) is 19.1 Å². The molecule has 0 fully saturated rings. The summed E-state index contributed by atoms with van der Waals surface area (Å²) in [5.41, 5.74) is 0. The Labute approximate surface area is 86.2 Å². The van der Waals surface area contributed by atoms with E-state index in [9.17, 15) is 8.42 Å². The van der Waals surface area contributed by atoms with Crippen LogP contribution < -0.4 is 5.14 Å². The third-order valence-corrected chi connectivity index (χ3v) is 4.12. The summed E-state index contributed by atoms with van der Waals surface area (Å²) in [7, 11) is -3.61. The molecule has 0 radical (unpaired) electrons. The Bertz CT molecular complexity index is 584. The van der Waals surface area contributed by atoms with Crippen LogP contribution >= 0.6 is 11.3 Å². The molecule has 0 amide bonds. The van der Waals surface area contributed by atoms with E-state index in [4.69, 9.17) is 5.14 Å². The first-order valence-electron chi connectivity index (χ1n) is 4.00. The van der Waals surface area contributed by atoms with Crippen LogP contribution in [-0.2, 0) is 10.0 Å². The van der Waals surface area contributed by atoms with Crippen molar-refractivity contribution in [3.05, 3.63) is 29.1 Å². The number of fused-ring (bicyclic) bond motifs is 1. The van der Waals surface area contributed by atoms with Crippen LogP contribution in [0.2, 0.25) is 0 Å². The highest BCUT2D eigenvalue weighted by Crippen LogP contribution is 2.30. The average molecular weight is 227 g/mol. The van der Waals surface area contributed by atoms with Crippen LogP contribution in [0.15, 0.2) is 29.2 Å². The number of primary sulfonamides is 1. The highest BCUT2D eigenvalue weighted by atomic mass is 32.2. The number of aryl methyl sites for hydroxylation is 1. The number of hydrogen-bond donors (Lipinski definition) is 1. The standard InChI is InChI=1S/C9H9NO2S2/c1-6-5-7-3-2-4-8(9(7)13-6)14(10,11)12/h2-5H,1H3,(H2,10,11,12). The van der Waals surface area contributed by atoms with Crippen LogP contribution in [0.5, 0.6) is 0 Å². The molecule has 0 saturated heterocycles. The highest BCUT2D eigenvalue weighted by Gasteiger charge is 2.13. The van der Waals surface area contributed by atoms with Gasteiger partial charge in [0.25, 0.3) is 0 Å². The summed E-state index contributed by atoms with van der Waals surface area (Å²) >= 11 is 1.45. The largest absolute Gasteiger partial charge is 0.239 e. The molecule has 1 aromatic heterocycles. The fourth-order valence-electron chi connectivity index (χ4n) is 1.39. The molecular weight excluding hydrogens is 218 g/mol. The van der Waals surface area contributed by atoms with Gasteiger partial charge in [-0.1, -0.05) is 12.1 Å². The third-order valence-electron chi connectivity index (χ3n) is 1.94. The Kier molecular flexibility index (Phi) is 2.10. The number of rotatable bonds is 1. The molecule has 2 N–H and O–H groups in total. The molecule has 0 bridgehead atoms. The lowest BCUT2D eigenvalue weighted by atomic mass is 10.2. The van der Waals surface area contributed by atoms with Crippen molar-refractivity contribution in [2.45, 2.75) is 11.8 Å². The van der Waals surface area contributed by atoms with Crippen LogP contribution in [-0.4, -0.2) is 8.42 Å². The number of thiophene rings is 1. The Hall–Kier alpha value is -0.910. The van der Waals surface area contributed by atoms with Crippen molar-refractivity contribution >= 4 is 31.4 Å². The minimum Gasteiger partial charge on any atom is -0.225 e. The van der Waals surface area contributed by atoms with E-state index in [0.717, 1.165) is 15.0 Å². The maximum Gasteiger partial charge on any atom is 0.239 e. The van der Waals surface area contributed by atoms with Gasteiger partial charge in [-0.05, 0) is 24.4 Å². The Morgan fingerprint density at radius 1 is 1.36 bits per heavy atom. The number of benzene rings is 1. The summed E-state index contributed by atoms with van der Waals surface area (Å²) in [6.07, 6.45) is 0. The minimum atomic E-state index is -3.61. The summed E-state index contributed by atoms with van der Waals surface area (Å²) in [5.74, 6) is 0. The lowest BCUT2D eigenvalue weighted by Crippen LogP contribution is -2.11. The van der Waals surface area contributed by atoms with Gasteiger partial charge in [0.15, 0.2) is 0 Å². The number of sulfonamides is 1. The quantitative estimate of drug-likeness (QED) is 0.808. The van der Waals surface area contributed by atoms with Crippen molar-refractivity contribution in [2.75, 3.05) is 0 Å². The van der Waals surface area contributed by atoms with Gasteiger partial charge in [0.2, 0.25) is 10.0 Å². The lowest BCUT2D eigenvalue weighted by molar-refractivity contribution is 0.599. The Morgan fingerprint density at radius 3 is 2.71 bits per heavy atom. The molecule has 0 saturated carbocycles. The van der Waals surface area contributed by atoms with Crippen LogP contribution in [0.1, 0.15) is 4.88 Å². The Balaban J connectivity index is 2.90. The molecule has 5 heteroatoms. The topological polar surface area (TPSA) is 60.2 Å². The zero-order valence-electron chi connectivity index (χ0n) is 7.52. The van der Waals surface area contributed by atoms with Crippen molar-refractivity contribution in [3.63, 3.8) is 0 Å². The summed E-state index contributed by atoms with van der Waals surface area (Å²) in [5, 5.41) is 6.04. The van der Waals surface area contributed by atoms with Crippen molar-refractivity contribution < 1.29 is 8.42 Å². The first-order chi connectivity index (χ1) is 6.48. The van der Waals surface area contributed by atoms with Gasteiger partial charge >= 0.3 is 0 Å². The average Bonchev–Trinajstić information content (AvgIpc) is 2.41. The van der Waals surface area contributed by atoms with Crippen molar-refractivity contribution in [3.8, 4) is 0 Å². The van der Waals surface area contributed by atoms with Gasteiger partial charge in [0.1, 0.15) is 0 Å². The minimum absolute atomic E-state index is 0.216. The normalized spacial score (nSPS) is 12.1. The molecule has 0 atom stereocenters. The third kappa shape index (κ3) is 1.54. The SMILES string of the molecule is Cc1cc2cccc(S(N)(=O)=O)c2s1. The fourth-order valence-corrected chi connectivity index (χ4v) is 3.43. The van der Waals surface area contributed by atoms with E-state index in [1.54, 1.807) is 6.07 Å². The summed E-state index contributed by atoms with van der Waals surface area (Å²) in [6, 6.07) is 7.07. The summed E-state index contributed by atoms with van der Waals surface area (Å²) < 4.78 is 23.2. The van der Waals surface area contributed by atoms with Crippen LogP contribution in [0.25, 0.3) is 10.1 Å². The molecule has 0 spiro atoms. The molecule has 2 rings (SSSR count). The van der Waals surface area contributed by atoms with E-state index in [0.29, 0.717) is 0 Å². The van der Waals surface area contributed by atoms with Gasteiger partial charge in [0.05, 0.1) is 9.60 Å². The van der Waals surface area contributed by atoms with E-state index >= 15 is 0 Å². The summed E-state index contributed by atoms with van der Waals surface area (Å²) in [6.45, 7) is 1.94. The zero-order chi connectivity index (χ0) is 10.3. The second-order valence-electron chi connectivity index (χ2n) is 3.08. The predicted octanol–water partition coefficient (Wildman–Crippen LogP) is 1.86. The molecule has 1 heterocycles. The van der Waals surface area contributed by atoms with Crippen LogP contribution in [0.4, 0.5) is 0 Å². The predicted molar refractivity (Wildman–Crippen MR) is 57.9 cm³/mol. The molecule has 2 aromatic rings. The van der Waals surface area contributed by atoms with E-state index in [1.165, 1.54) is 17.4 Å². The molecule has 0 aliphatic rings. The van der Waals surface area contributed by atoms with E-state index in [-0.39, 0.29) is 4.90 Å². The van der Waals surface area contributed by atoms with E-state index in [2.05, 4.69) is 0 Å². The molecule has 0 aliphatic carbocycles. The molecule has 14 heavy (non-hydrogen) atoms. The Morgan fingerprint density at radius 2 is 2.07 bits per heavy atom. The van der Waals surface area contributed by atoms with Gasteiger partial charge in [-0.2, -0.15) is 0 Å². The van der Waals surface area contributed by atoms with Gasteiger partial charge in [0, 0.05) is 4.88 Å². The molecule has 74 valence electrons. The van der Waals surface area contributed by atoms with Crippen molar-refractivity contribution in [1.82, 2.24) is 0 Å². The van der Waals surface area contributed by atoms with Crippen LogP contribution in [0, 0.1) is 6.92 Å².